The first-order valence-electron chi connectivity index (χ1n) is 5.01. The Labute approximate surface area is 101 Å². The second-order valence-electron chi connectivity index (χ2n) is 4.59. The van der Waals surface area contributed by atoms with Gasteiger partial charge in [0.25, 0.3) is 0 Å². The van der Waals surface area contributed by atoms with Gasteiger partial charge in [0, 0.05) is 5.41 Å². The van der Waals surface area contributed by atoms with E-state index in [4.69, 9.17) is 0 Å². The standard InChI is InChI=1S/C9H13F3N4O2/c1-8(2,3)7-13-5(14-15-7)6(17)16-18-4-9(10,11)12/h4H2,1-3H3,(H,16,17)(H,13,14,15). The fourth-order valence-corrected chi connectivity index (χ4v) is 0.928. The van der Waals surface area contributed by atoms with E-state index in [9.17, 15) is 18.0 Å². The fraction of sp³-hybridized carbons (Fsp3) is 0.667. The number of nitrogens with zero attached hydrogens (tertiary/aromatic N) is 2. The van der Waals surface area contributed by atoms with Crippen LogP contribution in [0.25, 0.3) is 0 Å². The second-order valence-corrected chi connectivity index (χ2v) is 4.59. The Morgan fingerprint density at radius 1 is 1.39 bits per heavy atom. The number of hydroxylamine groups is 1. The highest BCUT2D eigenvalue weighted by molar-refractivity contribution is 5.89. The molecule has 0 spiro atoms. The molecule has 2 N–H and O–H groups in total. The zero-order valence-electron chi connectivity index (χ0n) is 10.1. The highest BCUT2D eigenvalue weighted by Gasteiger charge is 2.29. The minimum absolute atomic E-state index is 0.276. The zero-order valence-corrected chi connectivity index (χ0v) is 10.1. The summed E-state index contributed by atoms with van der Waals surface area (Å²) in [6, 6.07) is 0. The highest BCUT2D eigenvalue weighted by atomic mass is 19.4. The molecule has 0 aliphatic rings. The molecule has 0 aliphatic carbocycles. The van der Waals surface area contributed by atoms with E-state index in [-0.39, 0.29) is 11.2 Å². The van der Waals surface area contributed by atoms with Crippen LogP contribution < -0.4 is 5.48 Å². The number of halogens is 3. The van der Waals surface area contributed by atoms with Crippen LogP contribution in [0.3, 0.4) is 0 Å². The van der Waals surface area contributed by atoms with Crippen molar-refractivity contribution in [2.75, 3.05) is 6.61 Å². The number of amides is 1. The number of alkyl halides is 3. The Bertz CT molecular complexity index is 422. The summed E-state index contributed by atoms with van der Waals surface area (Å²) in [5.41, 5.74) is 1.27. The number of hydrogen-bond acceptors (Lipinski definition) is 4. The van der Waals surface area contributed by atoms with Gasteiger partial charge in [0.1, 0.15) is 5.82 Å². The second kappa shape index (κ2) is 4.92. The Hall–Kier alpha value is -1.64. The van der Waals surface area contributed by atoms with Crippen LogP contribution in [-0.4, -0.2) is 33.9 Å². The number of carbonyl (C=O) groups excluding carboxylic acids is 1. The van der Waals surface area contributed by atoms with Crippen molar-refractivity contribution in [2.45, 2.75) is 32.4 Å². The van der Waals surface area contributed by atoms with E-state index in [1.54, 1.807) is 5.48 Å². The molecule has 0 bridgehead atoms. The number of carbonyl (C=O) groups is 1. The molecule has 1 amide bonds. The summed E-state index contributed by atoms with van der Waals surface area (Å²) >= 11 is 0. The maximum atomic E-state index is 11.8. The Morgan fingerprint density at radius 3 is 2.44 bits per heavy atom. The number of hydrogen-bond donors (Lipinski definition) is 2. The molecule has 0 aliphatic heterocycles. The Morgan fingerprint density at radius 2 is 2.00 bits per heavy atom. The lowest BCUT2D eigenvalue weighted by molar-refractivity contribution is -0.184. The van der Waals surface area contributed by atoms with Crippen molar-refractivity contribution in [3.05, 3.63) is 11.6 Å². The number of nitrogens with one attached hydrogen (secondary N) is 2. The minimum Gasteiger partial charge on any atom is -0.264 e. The van der Waals surface area contributed by atoms with Crippen molar-refractivity contribution in [3.8, 4) is 0 Å². The molecule has 1 rings (SSSR count). The average Bonchev–Trinajstić information content (AvgIpc) is 2.62. The molecule has 1 aromatic rings. The van der Waals surface area contributed by atoms with Crippen molar-refractivity contribution < 1.29 is 22.8 Å². The first kappa shape index (κ1) is 14.4. The number of aromatic nitrogens is 3. The van der Waals surface area contributed by atoms with Gasteiger partial charge in [-0.25, -0.2) is 10.5 Å². The lowest BCUT2D eigenvalue weighted by Crippen LogP contribution is -2.30. The lowest BCUT2D eigenvalue weighted by Gasteiger charge is -2.12. The molecule has 6 nitrogen and oxygen atoms in total. The van der Waals surface area contributed by atoms with Crippen LogP contribution in [0.15, 0.2) is 0 Å². The number of rotatable bonds is 3. The third-order valence-electron chi connectivity index (χ3n) is 1.80. The normalized spacial score (nSPS) is 12.6. The van der Waals surface area contributed by atoms with Gasteiger partial charge in [-0.15, -0.1) is 5.10 Å². The van der Waals surface area contributed by atoms with Crippen LogP contribution in [0, 0.1) is 0 Å². The monoisotopic (exact) mass is 266 g/mol. The molecule has 0 saturated carbocycles. The highest BCUT2D eigenvalue weighted by Crippen LogP contribution is 2.17. The van der Waals surface area contributed by atoms with E-state index >= 15 is 0 Å². The molecule has 0 saturated heterocycles. The SMILES string of the molecule is CC(C)(C)c1nc(C(=O)NOCC(F)(F)F)n[nH]1. The third-order valence-corrected chi connectivity index (χ3v) is 1.80. The maximum absolute atomic E-state index is 11.8. The van der Waals surface area contributed by atoms with Gasteiger partial charge in [0.05, 0.1) is 0 Å². The van der Waals surface area contributed by atoms with Crippen LogP contribution in [-0.2, 0) is 10.3 Å². The van der Waals surface area contributed by atoms with Crippen molar-refractivity contribution >= 4 is 5.91 Å². The summed E-state index contributed by atoms with van der Waals surface area (Å²) in [6.07, 6.45) is -4.51. The molecule has 1 aromatic heterocycles. The summed E-state index contributed by atoms with van der Waals surface area (Å²) in [5, 5.41) is 6.12. The van der Waals surface area contributed by atoms with Gasteiger partial charge in [-0.3, -0.25) is 14.7 Å². The van der Waals surface area contributed by atoms with Crippen LogP contribution >= 0.6 is 0 Å². The van der Waals surface area contributed by atoms with E-state index in [1.165, 1.54) is 0 Å². The first-order valence-corrected chi connectivity index (χ1v) is 5.01. The summed E-state index contributed by atoms with van der Waals surface area (Å²) < 4.78 is 35.3. The molecule has 0 radical (unpaired) electrons. The van der Waals surface area contributed by atoms with Gasteiger partial charge in [-0.1, -0.05) is 20.8 Å². The molecule has 0 unspecified atom stereocenters. The average molecular weight is 266 g/mol. The predicted molar refractivity (Wildman–Crippen MR) is 54.6 cm³/mol. The first-order chi connectivity index (χ1) is 8.09. The van der Waals surface area contributed by atoms with Crippen molar-refractivity contribution in [2.24, 2.45) is 0 Å². The molecule has 0 atom stereocenters. The van der Waals surface area contributed by atoms with Gasteiger partial charge in [-0.2, -0.15) is 13.2 Å². The van der Waals surface area contributed by atoms with E-state index in [2.05, 4.69) is 20.0 Å². The van der Waals surface area contributed by atoms with Crippen LogP contribution in [0.4, 0.5) is 13.2 Å². The molecule has 9 heteroatoms. The van der Waals surface area contributed by atoms with E-state index < -0.39 is 18.7 Å². The molecule has 18 heavy (non-hydrogen) atoms. The van der Waals surface area contributed by atoms with Crippen LogP contribution in [0.5, 0.6) is 0 Å². The van der Waals surface area contributed by atoms with Gasteiger partial charge in [-0.05, 0) is 0 Å². The predicted octanol–water partition coefficient (Wildman–Crippen LogP) is 1.33. The van der Waals surface area contributed by atoms with Crippen molar-refractivity contribution in [3.63, 3.8) is 0 Å². The van der Waals surface area contributed by atoms with Crippen LogP contribution in [0.2, 0.25) is 0 Å². The topological polar surface area (TPSA) is 79.9 Å². The molecule has 1 heterocycles. The quantitative estimate of drug-likeness (QED) is 0.809. The molecular formula is C9H13F3N4O2. The van der Waals surface area contributed by atoms with Crippen LogP contribution in [0.1, 0.15) is 37.2 Å². The smallest absolute Gasteiger partial charge is 0.264 e. The summed E-state index contributed by atoms with van der Waals surface area (Å²) in [5.74, 6) is -0.767. The summed E-state index contributed by atoms with van der Waals surface area (Å²) in [7, 11) is 0. The maximum Gasteiger partial charge on any atom is 0.414 e. The molecule has 0 aromatic carbocycles. The summed E-state index contributed by atoms with van der Waals surface area (Å²) in [6.45, 7) is 3.95. The molecule has 0 fully saturated rings. The van der Waals surface area contributed by atoms with Gasteiger partial charge in [0.15, 0.2) is 6.61 Å². The van der Waals surface area contributed by atoms with Gasteiger partial charge in [0.2, 0.25) is 5.82 Å². The zero-order chi connectivity index (χ0) is 14.0. The molecular weight excluding hydrogens is 253 g/mol. The minimum atomic E-state index is -4.51. The molecule has 102 valence electrons. The summed E-state index contributed by atoms with van der Waals surface area (Å²) in [4.78, 5) is 19.2. The van der Waals surface area contributed by atoms with Crippen molar-refractivity contribution in [1.29, 1.82) is 0 Å². The largest absolute Gasteiger partial charge is 0.414 e. The Balaban J connectivity index is 2.55. The third kappa shape index (κ3) is 4.32. The van der Waals surface area contributed by atoms with E-state index in [0.717, 1.165) is 0 Å². The Kier molecular flexibility index (Phi) is 3.95. The van der Waals surface area contributed by atoms with Gasteiger partial charge < -0.3 is 0 Å². The van der Waals surface area contributed by atoms with Gasteiger partial charge >= 0.3 is 12.1 Å². The number of aromatic amines is 1. The van der Waals surface area contributed by atoms with E-state index in [1.807, 2.05) is 20.8 Å². The van der Waals surface area contributed by atoms with Crippen molar-refractivity contribution in [1.82, 2.24) is 20.7 Å². The fourth-order valence-electron chi connectivity index (χ4n) is 0.928. The lowest BCUT2D eigenvalue weighted by atomic mass is 9.96. The van der Waals surface area contributed by atoms with E-state index in [0.29, 0.717) is 5.82 Å². The number of H-pyrrole nitrogens is 1.